The molecule has 0 N–H and O–H groups in total. The Labute approximate surface area is 112 Å². The average molecular weight is 260 g/mol. The van der Waals surface area contributed by atoms with E-state index in [0.717, 1.165) is 12.0 Å². The van der Waals surface area contributed by atoms with E-state index in [-0.39, 0.29) is 12.1 Å². The van der Waals surface area contributed by atoms with Crippen LogP contribution in [0, 0.1) is 0 Å². The Hall–Kier alpha value is -1.97. The average Bonchev–Trinajstić information content (AvgIpc) is 2.37. The first-order chi connectivity index (χ1) is 9.05. The first-order valence-corrected chi connectivity index (χ1v) is 6.42. The Bertz CT molecular complexity index is 530. The van der Waals surface area contributed by atoms with Gasteiger partial charge in [-0.2, -0.15) is 0 Å². The van der Waals surface area contributed by atoms with Gasteiger partial charge in [0.1, 0.15) is 11.7 Å². The van der Waals surface area contributed by atoms with Crippen LogP contribution >= 0.6 is 0 Å². The molecule has 1 aromatic rings. The van der Waals surface area contributed by atoms with Crippen LogP contribution in [0.5, 0.6) is 0 Å². The summed E-state index contributed by atoms with van der Waals surface area (Å²) in [5.41, 5.74) is 1.60. The minimum Gasteiger partial charge on any atom is -0.457 e. The summed E-state index contributed by atoms with van der Waals surface area (Å²) in [5, 5.41) is 0. The van der Waals surface area contributed by atoms with Crippen LogP contribution < -0.4 is 0 Å². The second-order valence-electron chi connectivity index (χ2n) is 5.21. The van der Waals surface area contributed by atoms with Crippen molar-refractivity contribution in [2.24, 2.45) is 0 Å². The first kappa shape index (κ1) is 12.1. The van der Waals surface area contributed by atoms with E-state index < -0.39 is 5.79 Å². The molecular formula is C15H16O4. The largest absolute Gasteiger partial charge is 0.457 e. The fourth-order valence-corrected chi connectivity index (χ4v) is 2.34. The number of carbonyl (C=O) groups excluding carboxylic acids is 1. The Morgan fingerprint density at radius 2 is 1.89 bits per heavy atom. The van der Waals surface area contributed by atoms with Crippen molar-refractivity contribution in [3.05, 3.63) is 47.4 Å². The SMILES string of the molecule is CC1(C)OC(=O)C2=C(OC(c3ccccc3)CC2)O1. The van der Waals surface area contributed by atoms with Crippen molar-refractivity contribution in [3.8, 4) is 0 Å². The predicted octanol–water partition coefficient (Wildman–Crippen LogP) is 3.06. The van der Waals surface area contributed by atoms with E-state index >= 15 is 0 Å². The maximum absolute atomic E-state index is 11.8. The van der Waals surface area contributed by atoms with Crippen molar-refractivity contribution in [2.45, 2.75) is 38.6 Å². The molecule has 0 saturated carbocycles. The molecule has 0 bridgehead atoms. The predicted molar refractivity (Wildman–Crippen MR) is 67.8 cm³/mol. The Morgan fingerprint density at radius 3 is 2.63 bits per heavy atom. The molecule has 1 atom stereocenters. The van der Waals surface area contributed by atoms with E-state index in [2.05, 4.69) is 0 Å². The lowest BCUT2D eigenvalue weighted by molar-refractivity contribution is -0.235. The molecule has 0 amide bonds. The van der Waals surface area contributed by atoms with Gasteiger partial charge in [-0.25, -0.2) is 4.79 Å². The highest BCUT2D eigenvalue weighted by Gasteiger charge is 2.40. The second kappa shape index (κ2) is 4.30. The minimum atomic E-state index is -0.964. The molecule has 2 aliphatic heterocycles. The molecule has 1 unspecified atom stereocenters. The second-order valence-corrected chi connectivity index (χ2v) is 5.21. The van der Waals surface area contributed by atoms with Crippen LogP contribution in [0.15, 0.2) is 41.9 Å². The van der Waals surface area contributed by atoms with Gasteiger partial charge in [0.25, 0.3) is 11.7 Å². The number of carbonyl (C=O) groups is 1. The fourth-order valence-electron chi connectivity index (χ4n) is 2.34. The van der Waals surface area contributed by atoms with Gasteiger partial charge in [-0.1, -0.05) is 30.3 Å². The summed E-state index contributed by atoms with van der Waals surface area (Å²) < 4.78 is 16.6. The number of hydrogen-bond acceptors (Lipinski definition) is 4. The lowest BCUT2D eigenvalue weighted by Crippen LogP contribution is -2.39. The molecule has 4 nitrogen and oxygen atoms in total. The minimum absolute atomic E-state index is 0.0679. The number of ether oxygens (including phenoxy) is 3. The number of benzene rings is 1. The van der Waals surface area contributed by atoms with Gasteiger partial charge in [-0.15, -0.1) is 0 Å². The molecule has 0 aliphatic carbocycles. The standard InChI is InChI=1S/C15H16O4/c1-15(2)18-13(16)11-8-9-12(17-14(11)19-15)10-6-4-3-5-7-10/h3-7,12H,8-9H2,1-2H3. The molecule has 100 valence electrons. The van der Waals surface area contributed by atoms with Crippen LogP contribution in [-0.2, 0) is 19.0 Å². The lowest BCUT2D eigenvalue weighted by atomic mass is 9.99. The van der Waals surface area contributed by atoms with Gasteiger partial charge >= 0.3 is 5.97 Å². The van der Waals surface area contributed by atoms with E-state index in [0.29, 0.717) is 17.9 Å². The molecule has 2 aliphatic rings. The molecule has 0 spiro atoms. The van der Waals surface area contributed by atoms with Gasteiger partial charge in [0.05, 0.1) is 0 Å². The third-order valence-corrected chi connectivity index (χ3v) is 3.25. The summed E-state index contributed by atoms with van der Waals surface area (Å²) in [5.74, 6) is -0.979. The van der Waals surface area contributed by atoms with Gasteiger partial charge in [0, 0.05) is 13.8 Å². The molecule has 0 saturated heterocycles. The van der Waals surface area contributed by atoms with Gasteiger partial charge < -0.3 is 14.2 Å². The smallest absolute Gasteiger partial charge is 0.344 e. The lowest BCUT2D eigenvalue weighted by Gasteiger charge is -2.36. The highest BCUT2D eigenvalue weighted by atomic mass is 16.8. The highest BCUT2D eigenvalue weighted by molar-refractivity contribution is 5.89. The van der Waals surface area contributed by atoms with Crippen LogP contribution in [0.4, 0.5) is 0 Å². The zero-order chi connectivity index (χ0) is 13.5. The highest BCUT2D eigenvalue weighted by Crippen LogP contribution is 2.39. The maximum atomic E-state index is 11.8. The monoisotopic (exact) mass is 260 g/mol. The molecule has 19 heavy (non-hydrogen) atoms. The number of cyclic esters (lactones) is 1. The van der Waals surface area contributed by atoms with Crippen LogP contribution in [0.25, 0.3) is 0 Å². The Kier molecular flexibility index (Phi) is 2.73. The third kappa shape index (κ3) is 2.30. The topological polar surface area (TPSA) is 44.8 Å². The summed E-state index contributed by atoms with van der Waals surface area (Å²) in [6.07, 6.45) is 1.30. The number of rotatable bonds is 1. The van der Waals surface area contributed by atoms with Crippen LogP contribution in [-0.4, -0.2) is 11.8 Å². The Balaban J connectivity index is 1.86. The van der Waals surface area contributed by atoms with Crippen LogP contribution in [0.2, 0.25) is 0 Å². The van der Waals surface area contributed by atoms with E-state index in [1.807, 2.05) is 30.3 Å². The van der Waals surface area contributed by atoms with Gasteiger partial charge in [0.15, 0.2) is 0 Å². The molecule has 0 fully saturated rings. The summed E-state index contributed by atoms with van der Waals surface area (Å²) in [4.78, 5) is 11.8. The summed E-state index contributed by atoms with van der Waals surface area (Å²) in [6, 6.07) is 9.95. The molecule has 0 radical (unpaired) electrons. The first-order valence-electron chi connectivity index (χ1n) is 6.42. The molecule has 3 rings (SSSR count). The van der Waals surface area contributed by atoms with Gasteiger partial charge in [0.2, 0.25) is 0 Å². The summed E-state index contributed by atoms with van der Waals surface area (Å²) in [7, 11) is 0. The van der Waals surface area contributed by atoms with Crippen molar-refractivity contribution in [3.63, 3.8) is 0 Å². The Morgan fingerprint density at radius 1 is 1.16 bits per heavy atom. The van der Waals surface area contributed by atoms with E-state index in [1.165, 1.54) is 0 Å². The number of hydrogen-bond donors (Lipinski definition) is 0. The van der Waals surface area contributed by atoms with Crippen molar-refractivity contribution in [1.29, 1.82) is 0 Å². The van der Waals surface area contributed by atoms with Crippen molar-refractivity contribution in [1.82, 2.24) is 0 Å². The fraction of sp³-hybridized carbons (Fsp3) is 0.400. The van der Waals surface area contributed by atoms with Crippen molar-refractivity contribution >= 4 is 5.97 Å². The number of esters is 1. The maximum Gasteiger partial charge on any atom is 0.344 e. The molecule has 4 heteroatoms. The zero-order valence-electron chi connectivity index (χ0n) is 11.0. The van der Waals surface area contributed by atoms with Gasteiger partial charge in [-0.3, -0.25) is 0 Å². The molecule has 1 aromatic carbocycles. The third-order valence-electron chi connectivity index (χ3n) is 3.25. The van der Waals surface area contributed by atoms with E-state index in [4.69, 9.17) is 14.2 Å². The van der Waals surface area contributed by atoms with Gasteiger partial charge in [-0.05, 0) is 18.4 Å². The summed E-state index contributed by atoms with van der Waals surface area (Å²) >= 11 is 0. The molecule has 0 aromatic heterocycles. The van der Waals surface area contributed by atoms with Crippen LogP contribution in [0.3, 0.4) is 0 Å². The summed E-state index contributed by atoms with van der Waals surface area (Å²) in [6.45, 7) is 3.40. The normalized spacial score (nSPS) is 24.9. The van der Waals surface area contributed by atoms with Crippen molar-refractivity contribution < 1.29 is 19.0 Å². The van der Waals surface area contributed by atoms with E-state index in [1.54, 1.807) is 13.8 Å². The molecule has 2 heterocycles. The quantitative estimate of drug-likeness (QED) is 0.728. The zero-order valence-corrected chi connectivity index (χ0v) is 11.0. The van der Waals surface area contributed by atoms with E-state index in [9.17, 15) is 4.79 Å². The van der Waals surface area contributed by atoms with Crippen molar-refractivity contribution in [2.75, 3.05) is 0 Å². The van der Waals surface area contributed by atoms with Crippen LogP contribution in [0.1, 0.15) is 38.4 Å². The molecular weight excluding hydrogens is 244 g/mol.